The van der Waals surface area contributed by atoms with Crippen LogP contribution in [0.15, 0.2) is 0 Å². The predicted octanol–water partition coefficient (Wildman–Crippen LogP) is 3.84. The molecule has 0 spiro atoms. The first-order valence-electron chi connectivity index (χ1n) is 6.83. The SMILES string of the molecule is CCc1nc(C(N)C2CCC(C)CC2)sc1C. The summed E-state index contributed by atoms with van der Waals surface area (Å²) in [6.45, 7) is 6.68. The third-order valence-corrected chi connectivity index (χ3v) is 5.21. The summed E-state index contributed by atoms with van der Waals surface area (Å²) in [5, 5.41) is 1.17. The number of aryl methyl sites for hydroxylation is 2. The Balaban J connectivity index is 2.05. The van der Waals surface area contributed by atoms with Crippen LogP contribution in [-0.4, -0.2) is 4.98 Å². The molecule has 17 heavy (non-hydrogen) atoms. The second-order valence-corrected chi connectivity index (χ2v) is 6.69. The van der Waals surface area contributed by atoms with Crippen molar-refractivity contribution in [1.29, 1.82) is 0 Å². The number of hydrogen-bond donors (Lipinski definition) is 1. The van der Waals surface area contributed by atoms with Crippen LogP contribution in [0.3, 0.4) is 0 Å². The Morgan fingerprint density at radius 2 is 2.00 bits per heavy atom. The summed E-state index contributed by atoms with van der Waals surface area (Å²) >= 11 is 1.81. The van der Waals surface area contributed by atoms with Crippen molar-refractivity contribution in [3.8, 4) is 0 Å². The third kappa shape index (κ3) is 2.89. The molecular formula is C14H24N2S. The Bertz CT molecular complexity index is 364. The van der Waals surface area contributed by atoms with Crippen LogP contribution in [0.25, 0.3) is 0 Å². The van der Waals surface area contributed by atoms with Crippen molar-refractivity contribution >= 4 is 11.3 Å². The molecule has 0 radical (unpaired) electrons. The minimum atomic E-state index is 0.173. The standard InChI is InChI=1S/C14H24N2S/c1-4-12-10(3)17-14(16-12)13(15)11-7-5-9(2)6-8-11/h9,11,13H,4-8,15H2,1-3H3. The van der Waals surface area contributed by atoms with E-state index in [1.807, 2.05) is 0 Å². The van der Waals surface area contributed by atoms with E-state index in [9.17, 15) is 0 Å². The highest BCUT2D eigenvalue weighted by molar-refractivity contribution is 7.11. The van der Waals surface area contributed by atoms with E-state index in [1.165, 1.54) is 41.3 Å². The highest BCUT2D eigenvalue weighted by Gasteiger charge is 2.26. The average Bonchev–Trinajstić information content (AvgIpc) is 2.70. The molecule has 2 nitrogen and oxygen atoms in total. The first-order chi connectivity index (χ1) is 8.11. The number of nitrogens with two attached hydrogens (primary N) is 1. The Hall–Kier alpha value is -0.410. The lowest BCUT2D eigenvalue weighted by Crippen LogP contribution is -2.25. The summed E-state index contributed by atoms with van der Waals surface area (Å²) in [5.74, 6) is 1.55. The van der Waals surface area contributed by atoms with E-state index in [0.717, 1.165) is 12.3 Å². The quantitative estimate of drug-likeness (QED) is 0.887. The summed E-state index contributed by atoms with van der Waals surface area (Å²) in [7, 11) is 0. The zero-order valence-electron chi connectivity index (χ0n) is 11.2. The highest BCUT2D eigenvalue weighted by atomic mass is 32.1. The topological polar surface area (TPSA) is 38.9 Å². The molecule has 0 amide bonds. The van der Waals surface area contributed by atoms with Gasteiger partial charge in [0.05, 0.1) is 11.7 Å². The van der Waals surface area contributed by atoms with Crippen molar-refractivity contribution in [3.05, 3.63) is 15.6 Å². The molecule has 2 N–H and O–H groups in total. The number of thiazole rings is 1. The maximum Gasteiger partial charge on any atom is 0.110 e. The molecule has 1 fully saturated rings. The normalized spacial score (nSPS) is 27.1. The third-order valence-electron chi connectivity index (χ3n) is 4.10. The molecule has 0 aromatic carbocycles. The van der Waals surface area contributed by atoms with Gasteiger partial charge < -0.3 is 5.73 Å². The van der Waals surface area contributed by atoms with Crippen molar-refractivity contribution < 1.29 is 0 Å². The zero-order valence-corrected chi connectivity index (χ0v) is 12.0. The van der Waals surface area contributed by atoms with Gasteiger partial charge >= 0.3 is 0 Å². The molecule has 1 unspecified atom stereocenters. The van der Waals surface area contributed by atoms with Crippen molar-refractivity contribution in [2.75, 3.05) is 0 Å². The number of hydrogen-bond acceptors (Lipinski definition) is 3. The molecule has 0 aliphatic heterocycles. The van der Waals surface area contributed by atoms with Crippen LogP contribution >= 0.6 is 11.3 Å². The summed E-state index contributed by atoms with van der Waals surface area (Å²) in [6, 6.07) is 0.173. The van der Waals surface area contributed by atoms with E-state index in [2.05, 4.69) is 20.8 Å². The van der Waals surface area contributed by atoms with Crippen molar-refractivity contribution in [2.24, 2.45) is 17.6 Å². The predicted molar refractivity (Wildman–Crippen MR) is 74.3 cm³/mol. The molecule has 1 aliphatic rings. The molecule has 0 bridgehead atoms. The fraction of sp³-hybridized carbons (Fsp3) is 0.786. The first kappa shape index (κ1) is 13.0. The molecule has 1 aliphatic carbocycles. The average molecular weight is 252 g/mol. The Labute approximate surface area is 109 Å². The van der Waals surface area contributed by atoms with Crippen LogP contribution in [0.5, 0.6) is 0 Å². The fourth-order valence-electron chi connectivity index (χ4n) is 2.77. The fourth-order valence-corrected chi connectivity index (χ4v) is 3.87. The van der Waals surface area contributed by atoms with Gasteiger partial charge in [-0.15, -0.1) is 11.3 Å². The van der Waals surface area contributed by atoms with E-state index in [4.69, 9.17) is 10.7 Å². The Morgan fingerprint density at radius 3 is 2.53 bits per heavy atom. The molecule has 96 valence electrons. The van der Waals surface area contributed by atoms with Crippen molar-refractivity contribution in [1.82, 2.24) is 4.98 Å². The zero-order chi connectivity index (χ0) is 12.4. The molecule has 2 rings (SSSR count). The molecule has 1 heterocycles. The number of rotatable bonds is 3. The summed E-state index contributed by atoms with van der Waals surface area (Å²) in [4.78, 5) is 6.07. The maximum atomic E-state index is 6.40. The van der Waals surface area contributed by atoms with Gasteiger partial charge in [0.25, 0.3) is 0 Å². The summed E-state index contributed by atoms with van der Waals surface area (Å²) in [6.07, 6.45) is 6.26. The largest absolute Gasteiger partial charge is 0.322 e. The van der Waals surface area contributed by atoms with E-state index in [1.54, 1.807) is 11.3 Å². The molecule has 0 saturated heterocycles. The lowest BCUT2D eigenvalue weighted by Gasteiger charge is -2.29. The van der Waals surface area contributed by atoms with Crippen LogP contribution in [-0.2, 0) is 6.42 Å². The van der Waals surface area contributed by atoms with E-state index < -0.39 is 0 Å². The van der Waals surface area contributed by atoms with Gasteiger partial charge in [0.2, 0.25) is 0 Å². The van der Waals surface area contributed by atoms with Gasteiger partial charge in [-0.1, -0.05) is 26.7 Å². The lowest BCUT2D eigenvalue weighted by molar-refractivity contribution is 0.256. The minimum Gasteiger partial charge on any atom is -0.322 e. The van der Waals surface area contributed by atoms with Gasteiger partial charge in [-0.2, -0.15) is 0 Å². The molecule has 1 aromatic heterocycles. The van der Waals surface area contributed by atoms with Gasteiger partial charge in [-0.05, 0) is 38.0 Å². The molecular weight excluding hydrogens is 228 g/mol. The van der Waals surface area contributed by atoms with Crippen LogP contribution in [0.1, 0.15) is 61.2 Å². The highest BCUT2D eigenvalue weighted by Crippen LogP contribution is 2.37. The minimum absolute atomic E-state index is 0.173. The van der Waals surface area contributed by atoms with Gasteiger partial charge in [-0.25, -0.2) is 4.98 Å². The second kappa shape index (κ2) is 5.49. The van der Waals surface area contributed by atoms with E-state index >= 15 is 0 Å². The van der Waals surface area contributed by atoms with E-state index in [-0.39, 0.29) is 6.04 Å². The van der Waals surface area contributed by atoms with Gasteiger partial charge in [0, 0.05) is 4.88 Å². The monoisotopic (exact) mass is 252 g/mol. The van der Waals surface area contributed by atoms with Crippen LogP contribution in [0.4, 0.5) is 0 Å². The molecule has 3 heteroatoms. The number of nitrogens with zero attached hydrogens (tertiary/aromatic N) is 1. The first-order valence-corrected chi connectivity index (χ1v) is 7.65. The summed E-state index contributed by atoms with van der Waals surface area (Å²) in [5.41, 5.74) is 7.64. The number of aromatic nitrogens is 1. The molecule has 1 aromatic rings. The van der Waals surface area contributed by atoms with Gasteiger partial charge in [-0.3, -0.25) is 0 Å². The van der Waals surface area contributed by atoms with E-state index in [0.29, 0.717) is 5.92 Å². The van der Waals surface area contributed by atoms with Crippen LogP contribution in [0.2, 0.25) is 0 Å². The van der Waals surface area contributed by atoms with Crippen LogP contribution in [0, 0.1) is 18.8 Å². The van der Waals surface area contributed by atoms with Gasteiger partial charge in [0.15, 0.2) is 0 Å². The Kier molecular flexibility index (Phi) is 4.21. The van der Waals surface area contributed by atoms with Gasteiger partial charge in [0.1, 0.15) is 5.01 Å². The molecule has 1 saturated carbocycles. The molecule has 1 atom stereocenters. The van der Waals surface area contributed by atoms with Crippen molar-refractivity contribution in [2.45, 2.75) is 58.9 Å². The van der Waals surface area contributed by atoms with Crippen LogP contribution < -0.4 is 5.73 Å². The summed E-state index contributed by atoms with van der Waals surface area (Å²) < 4.78 is 0. The lowest BCUT2D eigenvalue weighted by atomic mass is 9.79. The second-order valence-electron chi connectivity index (χ2n) is 5.45. The smallest absolute Gasteiger partial charge is 0.110 e. The van der Waals surface area contributed by atoms with Crippen molar-refractivity contribution in [3.63, 3.8) is 0 Å². The Morgan fingerprint density at radius 1 is 1.35 bits per heavy atom. The maximum absolute atomic E-state index is 6.40.